The van der Waals surface area contributed by atoms with Crippen LogP contribution in [-0.2, 0) is 4.79 Å². The lowest BCUT2D eigenvalue weighted by molar-refractivity contribution is -0.120. The fourth-order valence-electron chi connectivity index (χ4n) is 2.58. The monoisotopic (exact) mass is 164 g/mol. The molecule has 2 rings (SSSR count). The zero-order valence-electron chi connectivity index (χ0n) is 7.89. The van der Waals surface area contributed by atoms with Gasteiger partial charge in [-0.1, -0.05) is 11.1 Å². The third kappa shape index (κ3) is 1.12. The van der Waals surface area contributed by atoms with Gasteiger partial charge >= 0.3 is 0 Å². The lowest BCUT2D eigenvalue weighted by Gasteiger charge is -2.02. The van der Waals surface area contributed by atoms with Gasteiger partial charge in [0, 0.05) is 12.3 Å². The van der Waals surface area contributed by atoms with Crippen LogP contribution in [-0.4, -0.2) is 5.78 Å². The first-order chi connectivity index (χ1) is 5.68. The number of carbonyl (C=O) groups excluding carboxylic acids is 1. The van der Waals surface area contributed by atoms with Gasteiger partial charge in [-0.25, -0.2) is 0 Å². The van der Waals surface area contributed by atoms with Crippen molar-refractivity contribution in [3.63, 3.8) is 0 Å². The van der Waals surface area contributed by atoms with Crippen LogP contribution in [0.4, 0.5) is 0 Å². The molecular weight excluding hydrogens is 148 g/mol. The average Bonchev–Trinajstić information content (AvgIpc) is 2.53. The molecule has 1 nitrogen and oxygen atoms in total. The van der Waals surface area contributed by atoms with E-state index in [0.29, 0.717) is 17.6 Å². The summed E-state index contributed by atoms with van der Waals surface area (Å²) in [6.45, 7) is 4.34. The molecule has 0 saturated heterocycles. The zero-order valence-corrected chi connectivity index (χ0v) is 7.89. The zero-order chi connectivity index (χ0) is 8.72. The van der Waals surface area contributed by atoms with Gasteiger partial charge in [0.15, 0.2) is 0 Å². The van der Waals surface area contributed by atoms with Crippen LogP contribution in [0.2, 0.25) is 0 Å². The number of rotatable bonds is 0. The van der Waals surface area contributed by atoms with E-state index in [0.717, 1.165) is 19.3 Å². The van der Waals surface area contributed by atoms with Crippen molar-refractivity contribution in [2.24, 2.45) is 11.8 Å². The minimum absolute atomic E-state index is 0.412. The predicted octanol–water partition coefficient (Wildman–Crippen LogP) is 2.71. The van der Waals surface area contributed by atoms with E-state index in [1.807, 2.05) is 0 Å². The van der Waals surface area contributed by atoms with Crippen molar-refractivity contribution < 1.29 is 4.79 Å². The lowest BCUT2D eigenvalue weighted by atomic mass is 10.0. The van der Waals surface area contributed by atoms with Gasteiger partial charge in [0.2, 0.25) is 0 Å². The van der Waals surface area contributed by atoms with E-state index in [1.165, 1.54) is 12.0 Å². The van der Waals surface area contributed by atoms with Crippen molar-refractivity contribution >= 4 is 5.78 Å². The van der Waals surface area contributed by atoms with Crippen molar-refractivity contribution in [3.8, 4) is 0 Å². The van der Waals surface area contributed by atoms with Gasteiger partial charge in [-0.3, -0.25) is 4.79 Å². The molecule has 0 N–H and O–H groups in total. The third-order valence-corrected chi connectivity index (χ3v) is 3.43. The standard InChI is InChI=1S/C11H16O/c1-7(2)9-5-8-3-4-11(12)10(8)6-9/h8,10H,3-6H2,1-2H3. The molecule has 0 bridgehead atoms. The molecule has 0 aromatic rings. The second kappa shape index (κ2) is 2.72. The second-order valence-corrected chi connectivity index (χ2v) is 4.38. The molecule has 0 radical (unpaired) electrons. The van der Waals surface area contributed by atoms with Gasteiger partial charge in [-0.2, -0.15) is 0 Å². The molecule has 0 spiro atoms. The van der Waals surface area contributed by atoms with Crippen LogP contribution in [0, 0.1) is 11.8 Å². The summed E-state index contributed by atoms with van der Waals surface area (Å²) in [7, 11) is 0. The first-order valence-electron chi connectivity index (χ1n) is 4.86. The number of hydrogen-bond acceptors (Lipinski definition) is 1. The van der Waals surface area contributed by atoms with Crippen LogP contribution in [0.5, 0.6) is 0 Å². The number of Topliss-reactive ketones (excluding diaryl/α,β-unsaturated/α-hetero) is 1. The summed E-state index contributed by atoms with van der Waals surface area (Å²) in [6, 6.07) is 0. The highest BCUT2D eigenvalue weighted by molar-refractivity contribution is 5.84. The molecule has 2 saturated carbocycles. The van der Waals surface area contributed by atoms with E-state index in [-0.39, 0.29) is 0 Å². The molecule has 2 aliphatic carbocycles. The fourth-order valence-corrected chi connectivity index (χ4v) is 2.58. The van der Waals surface area contributed by atoms with Crippen LogP contribution < -0.4 is 0 Å². The Balaban J connectivity index is 2.18. The van der Waals surface area contributed by atoms with Gasteiger partial charge in [0.05, 0.1) is 0 Å². The van der Waals surface area contributed by atoms with Gasteiger partial charge in [0.1, 0.15) is 5.78 Å². The average molecular weight is 164 g/mol. The van der Waals surface area contributed by atoms with E-state index in [1.54, 1.807) is 5.57 Å². The van der Waals surface area contributed by atoms with Crippen molar-refractivity contribution in [2.45, 2.75) is 39.5 Å². The van der Waals surface area contributed by atoms with Gasteiger partial charge in [-0.15, -0.1) is 0 Å². The highest BCUT2D eigenvalue weighted by Gasteiger charge is 2.40. The highest BCUT2D eigenvalue weighted by atomic mass is 16.1. The topological polar surface area (TPSA) is 17.1 Å². The smallest absolute Gasteiger partial charge is 0.136 e. The molecule has 2 atom stereocenters. The third-order valence-electron chi connectivity index (χ3n) is 3.43. The number of carbonyl (C=O) groups is 1. The van der Waals surface area contributed by atoms with Crippen molar-refractivity contribution in [1.82, 2.24) is 0 Å². The summed E-state index contributed by atoms with van der Waals surface area (Å²) in [5.74, 6) is 1.65. The molecule has 0 amide bonds. The van der Waals surface area contributed by atoms with Crippen LogP contribution in [0.3, 0.4) is 0 Å². The molecule has 0 aliphatic heterocycles. The molecular formula is C11H16O. The van der Waals surface area contributed by atoms with E-state index < -0.39 is 0 Å². The number of fused-ring (bicyclic) bond motifs is 1. The Kier molecular flexibility index (Phi) is 1.82. The molecule has 2 unspecified atom stereocenters. The fraction of sp³-hybridized carbons (Fsp3) is 0.727. The van der Waals surface area contributed by atoms with Gasteiger partial charge < -0.3 is 0 Å². The maximum absolute atomic E-state index is 11.4. The summed E-state index contributed by atoms with van der Waals surface area (Å²) >= 11 is 0. The van der Waals surface area contributed by atoms with E-state index in [2.05, 4.69) is 13.8 Å². The van der Waals surface area contributed by atoms with Crippen LogP contribution >= 0.6 is 0 Å². The van der Waals surface area contributed by atoms with Gasteiger partial charge in [-0.05, 0) is 39.0 Å². The van der Waals surface area contributed by atoms with E-state index in [4.69, 9.17) is 0 Å². The van der Waals surface area contributed by atoms with Crippen LogP contribution in [0.1, 0.15) is 39.5 Å². The summed E-state index contributed by atoms with van der Waals surface area (Å²) in [6.07, 6.45) is 4.29. The summed E-state index contributed by atoms with van der Waals surface area (Å²) in [5, 5.41) is 0. The van der Waals surface area contributed by atoms with Gasteiger partial charge in [0.25, 0.3) is 0 Å². The lowest BCUT2D eigenvalue weighted by Crippen LogP contribution is -2.06. The molecule has 1 heteroatoms. The Hall–Kier alpha value is -0.590. The molecule has 66 valence electrons. The van der Waals surface area contributed by atoms with E-state index >= 15 is 0 Å². The molecule has 2 aliphatic rings. The molecule has 12 heavy (non-hydrogen) atoms. The maximum Gasteiger partial charge on any atom is 0.136 e. The minimum atomic E-state index is 0.412. The Morgan fingerprint density at radius 1 is 1.33 bits per heavy atom. The largest absolute Gasteiger partial charge is 0.299 e. The number of allylic oxidation sites excluding steroid dienone is 2. The second-order valence-electron chi connectivity index (χ2n) is 4.38. The van der Waals surface area contributed by atoms with Crippen LogP contribution in [0.15, 0.2) is 11.1 Å². The van der Waals surface area contributed by atoms with Crippen molar-refractivity contribution in [2.75, 3.05) is 0 Å². The number of ketones is 1. The van der Waals surface area contributed by atoms with Crippen LogP contribution in [0.25, 0.3) is 0 Å². The Labute approximate surface area is 73.8 Å². The van der Waals surface area contributed by atoms with Crippen molar-refractivity contribution in [3.05, 3.63) is 11.1 Å². The van der Waals surface area contributed by atoms with E-state index in [9.17, 15) is 4.79 Å². The predicted molar refractivity (Wildman–Crippen MR) is 48.8 cm³/mol. The maximum atomic E-state index is 11.4. The first kappa shape index (κ1) is 8.03. The Bertz CT molecular complexity index is 246. The first-order valence-corrected chi connectivity index (χ1v) is 4.86. The number of hydrogen-bond donors (Lipinski definition) is 0. The SMILES string of the molecule is CC(C)=C1CC2CCC(=O)C2C1. The molecule has 0 heterocycles. The highest BCUT2D eigenvalue weighted by Crippen LogP contribution is 2.45. The quantitative estimate of drug-likeness (QED) is 0.503. The Morgan fingerprint density at radius 2 is 2.08 bits per heavy atom. The summed E-state index contributed by atoms with van der Waals surface area (Å²) in [5.41, 5.74) is 3.00. The minimum Gasteiger partial charge on any atom is -0.299 e. The molecule has 0 aromatic heterocycles. The Morgan fingerprint density at radius 3 is 2.67 bits per heavy atom. The summed E-state index contributed by atoms with van der Waals surface area (Å²) < 4.78 is 0. The normalized spacial score (nSPS) is 34.2. The summed E-state index contributed by atoms with van der Waals surface area (Å²) in [4.78, 5) is 11.4. The molecule has 2 fully saturated rings. The molecule has 0 aromatic carbocycles. The van der Waals surface area contributed by atoms with Crippen molar-refractivity contribution in [1.29, 1.82) is 0 Å².